The van der Waals surface area contributed by atoms with E-state index in [-0.39, 0.29) is 0 Å². The van der Waals surface area contributed by atoms with E-state index in [0.717, 1.165) is 13.1 Å². The van der Waals surface area contributed by atoms with Crippen molar-refractivity contribution in [1.29, 1.82) is 0 Å². The van der Waals surface area contributed by atoms with Crippen LogP contribution in [0.15, 0.2) is 0 Å². The van der Waals surface area contributed by atoms with Gasteiger partial charge in [-0.1, -0.05) is 5.92 Å². The third-order valence-electron chi connectivity index (χ3n) is 1.92. The van der Waals surface area contributed by atoms with Gasteiger partial charge in [0.2, 0.25) is 0 Å². The Morgan fingerprint density at radius 2 is 2.09 bits per heavy atom. The molecule has 1 fully saturated rings. The van der Waals surface area contributed by atoms with E-state index in [0.29, 0.717) is 19.4 Å². The van der Waals surface area contributed by atoms with E-state index >= 15 is 0 Å². The maximum absolute atomic E-state index is 12.6. The number of hydrogen-bond acceptors (Lipinski definition) is 2. The van der Waals surface area contributed by atoms with Gasteiger partial charge in [0.1, 0.15) is 6.17 Å². The number of hydrogen-bond donors (Lipinski definition) is 1. The predicted molar refractivity (Wildman–Crippen MR) is 42.5 cm³/mol. The normalized spacial score (nSPS) is 20.8. The van der Waals surface area contributed by atoms with Gasteiger partial charge in [-0.25, -0.2) is 4.39 Å². The van der Waals surface area contributed by atoms with E-state index in [2.05, 4.69) is 16.9 Å². The van der Waals surface area contributed by atoms with Crippen molar-refractivity contribution in [3.8, 4) is 12.0 Å². The lowest BCUT2D eigenvalue weighted by Crippen LogP contribution is -2.34. The van der Waals surface area contributed by atoms with Crippen LogP contribution in [0.4, 0.5) is 4.39 Å². The molecule has 1 aliphatic rings. The number of nitrogens with two attached hydrogens (primary N) is 1. The minimum absolute atomic E-state index is 0.600. The van der Waals surface area contributed by atoms with Crippen molar-refractivity contribution < 1.29 is 4.39 Å². The molecule has 2 N–H and O–H groups in total. The molecule has 0 aromatic rings. The first-order valence-corrected chi connectivity index (χ1v) is 3.88. The maximum atomic E-state index is 12.6. The van der Waals surface area contributed by atoms with E-state index in [1.54, 1.807) is 0 Å². The molecule has 0 radical (unpaired) electrons. The van der Waals surface area contributed by atoms with Crippen molar-refractivity contribution in [2.24, 2.45) is 5.73 Å². The highest BCUT2D eigenvalue weighted by Crippen LogP contribution is 2.11. The predicted octanol–water partition coefficient (Wildman–Crippen LogP) is 0.340. The van der Waals surface area contributed by atoms with Crippen LogP contribution in [0, 0.1) is 12.0 Å². The van der Waals surface area contributed by atoms with E-state index in [4.69, 9.17) is 5.73 Å². The quantitative estimate of drug-likeness (QED) is 0.438. The number of halogens is 1. The molecule has 2 nitrogen and oxygen atoms in total. The molecule has 0 aromatic heterocycles. The summed E-state index contributed by atoms with van der Waals surface area (Å²) in [5.41, 5.74) is 5.01. The molecule has 0 unspecified atom stereocenters. The van der Waals surface area contributed by atoms with E-state index in [9.17, 15) is 4.39 Å². The fourth-order valence-electron chi connectivity index (χ4n) is 1.22. The van der Waals surface area contributed by atoms with Crippen molar-refractivity contribution in [1.82, 2.24) is 4.90 Å². The molecule has 0 spiro atoms. The van der Waals surface area contributed by atoms with E-state index in [1.165, 1.54) is 0 Å². The number of nitrogens with zero attached hydrogens (tertiary/aromatic N) is 1. The molecule has 3 heteroatoms. The number of likely N-dealkylation sites (tertiary alicyclic amines) is 1. The average molecular weight is 156 g/mol. The standard InChI is InChI=1S/C8H13FN2/c9-8-2-6-11(7-3-8)5-1-4-10/h8H,2-3,5-7,10H2. The van der Waals surface area contributed by atoms with Crippen molar-refractivity contribution in [2.45, 2.75) is 19.0 Å². The fraction of sp³-hybridized carbons (Fsp3) is 0.750. The van der Waals surface area contributed by atoms with Crippen LogP contribution in [0.1, 0.15) is 12.8 Å². The summed E-state index contributed by atoms with van der Waals surface area (Å²) in [7, 11) is 0. The van der Waals surface area contributed by atoms with Gasteiger partial charge in [-0.05, 0) is 12.8 Å². The van der Waals surface area contributed by atoms with Gasteiger partial charge < -0.3 is 5.73 Å². The molecule has 62 valence electrons. The Bertz CT molecular complexity index is 163. The van der Waals surface area contributed by atoms with Crippen molar-refractivity contribution in [3.63, 3.8) is 0 Å². The highest BCUT2D eigenvalue weighted by atomic mass is 19.1. The zero-order valence-electron chi connectivity index (χ0n) is 6.52. The van der Waals surface area contributed by atoms with Gasteiger partial charge in [0, 0.05) is 19.1 Å². The monoisotopic (exact) mass is 156 g/mol. The number of piperidine rings is 1. The van der Waals surface area contributed by atoms with Crippen LogP contribution >= 0.6 is 0 Å². The SMILES string of the molecule is NC#CCN1CCC(F)CC1. The Morgan fingerprint density at radius 3 is 2.64 bits per heavy atom. The van der Waals surface area contributed by atoms with Crippen LogP contribution in [0.3, 0.4) is 0 Å². The highest BCUT2D eigenvalue weighted by molar-refractivity contribution is 4.97. The summed E-state index contributed by atoms with van der Waals surface area (Å²) < 4.78 is 12.6. The maximum Gasteiger partial charge on any atom is 0.103 e. The summed E-state index contributed by atoms with van der Waals surface area (Å²) in [4.78, 5) is 2.12. The summed E-state index contributed by atoms with van der Waals surface area (Å²) in [6.07, 6.45) is 0.690. The lowest BCUT2D eigenvalue weighted by molar-refractivity contribution is 0.164. The third kappa shape index (κ3) is 2.77. The molecule has 0 saturated carbocycles. The van der Waals surface area contributed by atoms with Crippen molar-refractivity contribution in [3.05, 3.63) is 0 Å². The second-order valence-electron chi connectivity index (χ2n) is 2.77. The Kier molecular flexibility index (Phi) is 3.18. The summed E-state index contributed by atoms with van der Waals surface area (Å²) in [6.45, 7) is 2.31. The Labute approximate surface area is 66.6 Å². The molecular weight excluding hydrogens is 143 g/mol. The molecule has 0 aliphatic carbocycles. The molecule has 0 amide bonds. The van der Waals surface area contributed by atoms with E-state index in [1.807, 2.05) is 0 Å². The fourth-order valence-corrected chi connectivity index (χ4v) is 1.22. The lowest BCUT2D eigenvalue weighted by atomic mass is 10.1. The molecule has 1 rings (SSSR count). The number of rotatable bonds is 1. The largest absolute Gasteiger partial charge is 0.359 e. The van der Waals surface area contributed by atoms with Crippen molar-refractivity contribution in [2.75, 3.05) is 19.6 Å². The van der Waals surface area contributed by atoms with Crippen LogP contribution in [0.5, 0.6) is 0 Å². The zero-order valence-corrected chi connectivity index (χ0v) is 6.52. The van der Waals surface area contributed by atoms with Gasteiger partial charge in [0.05, 0.1) is 6.54 Å². The first-order valence-electron chi connectivity index (χ1n) is 3.88. The Morgan fingerprint density at radius 1 is 1.45 bits per heavy atom. The van der Waals surface area contributed by atoms with E-state index < -0.39 is 6.17 Å². The minimum Gasteiger partial charge on any atom is -0.359 e. The second kappa shape index (κ2) is 4.20. The van der Waals surface area contributed by atoms with Gasteiger partial charge >= 0.3 is 0 Å². The third-order valence-corrected chi connectivity index (χ3v) is 1.92. The first-order chi connectivity index (χ1) is 5.33. The minimum atomic E-state index is -0.600. The summed E-state index contributed by atoms with van der Waals surface area (Å²) in [5.74, 6) is 2.76. The van der Waals surface area contributed by atoms with Crippen LogP contribution < -0.4 is 5.73 Å². The van der Waals surface area contributed by atoms with Gasteiger partial charge in [0.25, 0.3) is 0 Å². The molecular formula is C8H13FN2. The van der Waals surface area contributed by atoms with Crippen LogP contribution in [-0.2, 0) is 0 Å². The molecule has 0 bridgehead atoms. The Balaban J connectivity index is 2.20. The van der Waals surface area contributed by atoms with Gasteiger partial charge in [-0.3, -0.25) is 4.90 Å². The molecule has 0 aromatic carbocycles. The first kappa shape index (κ1) is 8.35. The Hall–Kier alpha value is -0.750. The highest BCUT2D eigenvalue weighted by Gasteiger charge is 2.16. The summed E-state index contributed by atoms with van der Waals surface area (Å²) >= 11 is 0. The smallest absolute Gasteiger partial charge is 0.103 e. The summed E-state index contributed by atoms with van der Waals surface area (Å²) in [5, 5.41) is 0. The topological polar surface area (TPSA) is 29.3 Å². The average Bonchev–Trinajstić information content (AvgIpc) is 2.04. The lowest BCUT2D eigenvalue weighted by Gasteiger charge is -2.26. The summed E-state index contributed by atoms with van der Waals surface area (Å²) in [6, 6.07) is 2.34. The van der Waals surface area contributed by atoms with Gasteiger partial charge in [-0.2, -0.15) is 0 Å². The molecule has 1 saturated heterocycles. The molecule has 1 heterocycles. The van der Waals surface area contributed by atoms with Crippen LogP contribution in [-0.4, -0.2) is 30.7 Å². The number of alkyl halides is 1. The molecule has 11 heavy (non-hydrogen) atoms. The molecule has 0 atom stereocenters. The molecule has 1 aliphatic heterocycles. The zero-order chi connectivity index (χ0) is 8.10. The van der Waals surface area contributed by atoms with Crippen molar-refractivity contribution >= 4 is 0 Å². The van der Waals surface area contributed by atoms with Gasteiger partial charge in [0.15, 0.2) is 0 Å². The second-order valence-corrected chi connectivity index (χ2v) is 2.77. The van der Waals surface area contributed by atoms with Gasteiger partial charge in [-0.15, -0.1) is 0 Å². The van der Waals surface area contributed by atoms with Crippen LogP contribution in [0.25, 0.3) is 0 Å². The van der Waals surface area contributed by atoms with Crippen LogP contribution in [0.2, 0.25) is 0 Å².